The van der Waals surface area contributed by atoms with Crippen molar-refractivity contribution >= 4 is 28.7 Å². The van der Waals surface area contributed by atoms with Crippen LogP contribution < -0.4 is 19.7 Å². The van der Waals surface area contributed by atoms with Crippen LogP contribution >= 0.6 is 11.6 Å². The highest BCUT2D eigenvalue weighted by molar-refractivity contribution is 6.33. The van der Waals surface area contributed by atoms with E-state index in [0.29, 0.717) is 70.5 Å². The molecule has 0 amide bonds. The van der Waals surface area contributed by atoms with Crippen LogP contribution in [-0.4, -0.2) is 68.3 Å². The molecule has 12 heteroatoms. The Labute approximate surface area is 244 Å². The van der Waals surface area contributed by atoms with Gasteiger partial charge in [-0.05, 0) is 59.9 Å². The summed E-state index contributed by atoms with van der Waals surface area (Å²) < 4.78 is 11.5. The lowest BCUT2D eigenvalue weighted by molar-refractivity contribution is 0.108. The monoisotopic (exact) mass is 581 g/mol. The first-order valence-corrected chi connectivity index (χ1v) is 13.7. The van der Waals surface area contributed by atoms with E-state index in [1.54, 1.807) is 38.4 Å². The van der Waals surface area contributed by atoms with Crippen LogP contribution in [0.15, 0.2) is 30.2 Å². The number of nitrogens with zero attached hydrogens (tertiary/aromatic N) is 5. The number of aliphatic hydroxyl groups is 2. The molecule has 1 aliphatic heterocycles. The number of hydrogen-bond donors (Lipinski definition) is 4. The number of benzene rings is 1. The van der Waals surface area contributed by atoms with E-state index in [4.69, 9.17) is 36.5 Å². The van der Waals surface area contributed by atoms with Gasteiger partial charge in [0.1, 0.15) is 30.0 Å². The molecule has 3 heterocycles. The number of anilines is 1. The number of halogens is 1. The lowest BCUT2D eigenvalue weighted by Gasteiger charge is -2.22. The lowest BCUT2D eigenvalue weighted by Crippen LogP contribution is -2.29. The fraction of sp³-hybridized carbons (Fsp3) is 0.414. The molecule has 0 radical (unpaired) electrons. The van der Waals surface area contributed by atoms with Crippen molar-refractivity contribution in [1.82, 2.24) is 25.3 Å². The molecule has 11 nitrogen and oxygen atoms in total. The molecule has 0 saturated carbocycles. The first-order valence-electron chi connectivity index (χ1n) is 13.3. The van der Waals surface area contributed by atoms with Crippen LogP contribution in [0.3, 0.4) is 0 Å². The molecule has 0 unspecified atom stereocenters. The first kappa shape index (κ1) is 30.2. The second-order valence-corrected chi connectivity index (χ2v) is 10.6. The van der Waals surface area contributed by atoms with Gasteiger partial charge in [0.25, 0.3) is 0 Å². The zero-order valence-electron chi connectivity index (χ0n) is 24.1. The van der Waals surface area contributed by atoms with E-state index in [2.05, 4.69) is 20.2 Å². The number of aromatic nitrogens is 4. The minimum absolute atomic E-state index is 0.0241. The number of likely N-dealkylation sites (N-methyl/N-ethyl adjacent to an activating group) is 1. The lowest BCUT2D eigenvalue weighted by atomic mass is 10.0. The summed E-state index contributed by atoms with van der Waals surface area (Å²) in [7, 11) is 1.75. The van der Waals surface area contributed by atoms with Crippen molar-refractivity contribution in [1.29, 1.82) is 5.41 Å². The van der Waals surface area contributed by atoms with Gasteiger partial charge in [0.2, 0.25) is 0 Å². The number of rotatable bonds is 11. The first-order chi connectivity index (χ1) is 19.5. The molecule has 0 fully saturated rings. The van der Waals surface area contributed by atoms with Crippen LogP contribution in [0.25, 0.3) is 17.0 Å². The quantitative estimate of drug-likeness (QED) is 0.188. The molecule has 0 bridgehead atoms. The van der Waals surface area contributed by atoms with Crippen LogP contribution in [0, 0.1) is 12.3 Å². The molecule has 1 aliphatic rings. The molecule has 218 valence electrons. The summed E-state index contributed by atoms with van der Waals surface area (Å²) in [4.78, 5) is 20.7. The van der Waals surface area contributed by atoms with E-state index in [1.807, 2.05) is 20.8 Å². The van der Waals surface area contributed by atoms with Crippen LogP contribution in [0.5, 0.6) is 11.8 Å². The average Bonchev–Trinajstić information content (AvgIpc) is 3.32. The molecule has 2 aromatic heterocycles. The molecule has 41 heavy (non-hydrogen) atoms. The van der Waals surface area contributed by atoms with Gasteiger partial charge in [0, 0.05) is 41.7 Å². The molecule has 4 N–H and O–H groups in total. The summed E-state index contributed by atoms with van der Waals surface area (Å²) in [5, 5.41) is 32.3. The van der Waals surface area contributed by atoms with Gasteiger partial charge in [0.15, 0.2) is 5.82 Å². The van der Waals surface area contributed by atoms with Crippen molar-refractivity contribution < 1.29 is 19.7 Å². The maximum Gasteiger partial charge on any atom is 0.316 e. The molecule has 0 spiro atoms. The molecule has 1 atom stereocenters. The average molecular weight is 582 g/mol. The smallest absolute Gasteiger partial charge is 0.316 e. The Hall–Kier alpha value is -3.80. The van der Waals surface area contributed by atoms with E-state index in [-0.39, 0.29) is 24.2 Å². The highest BCUT2D eigenvalue weighted by atomic mass is 35.5. The van der Waals surface area contributed by atoms with Crippen LogP contribution in [-0.2, 0) is 13.1 Å². The highest BCUT2D eigenvalue weighted by Gasteiger charge is 2.28. The Morgan fingerprint density at radius 3 is 2.61 bits per heavy atom. The number of hydrogen-bond acceptors (Lipinski definition) is 11. The molecule has 0 aliphatic carbocycles. The van der Waals surface area contributed by atoms with Gasteiger partial charge in [-0.25, -0.2) is 15.0 Å². The van der Waals surface area contributed by atoms with Gasteiger partial charge in [-0.1, -0.05) is 11.6 Å². The number of fused-ring (bicyclic) bond motifs is 1. The summed E-state index contributed by atoms with van der Waals surface area (Å²) in [6.07, 6.45) is 1.03. The number of allylic oxidation sites excluding steroid dienone is 2. The van der Waals surface area contributed by atoms with Crippen molar-refractivity contribution in [2.45, 2.75) is 59.9 Å². The summed E-state index contributed by atoms with van der Waals surface area (Å²) >= 11 is 6.64. The third-order valence-corrected chi connectivity index (χ3v) is 6.76. The van der Waals surface area contributed by atoms with Gasteiger partial charge in [-0.15, -0.1) is 0 Å². The summed E-state index contributed by atoms with van der Waals surface area (Å²) in [6.45, 7) is 10.3. The van der Waals surface area contributed by atoms with Crippen molar-refractivity contribution in [3.63, 3.8) is 0 Å². The molecule has 0 saturated heterocycles. The zero-order chi connectivity index (χ0) is 29.8. The Morgan fingerprint density at radius 2 is 1.95 bits per heavy atom. The second kappa shape index (κ2) is 12.8. The van der Waals surface area contributed by atoms with E-state index >= 15 is 0 Å². The summed E-state index contributed by atoms with van der Waals surface area (Å²) in [5.74, 6) is 1.38. The normalized spacial score (nSPS) is 14.1. The third-order valence-electron chi connectivity index (χ3n) is 6.43. The van der Waals surface area contributed by atoms with Crippen molar-refractivity contribution in [3.8, 4) is 23.1 Å². The summed E-state index contributed by atoms with van der Waals surface area (Å²) in [6, 6.07) is 5.45. The second-order valence-electron chi connectivity index (χ2n) is 10.2. The topological polar surface area (TPSA) is 150 Å². The number of aliphatic hydroxyl groups excluding tert-OH is 2. The fourth-order valence-electron chi connectivity index (χ4n) is 4.60. The Balaban J connectivity index is 1.80. The highest BCUT2D eigenvalue weighted by Crippen LogP contribution is 2.37. The van der Waals surface area contributed by atoms with E-state index in [0.717, 1.165) is 11.3 Å². The Bertz CT molecular complexity index is 1470. The van der Waals surface area contributed by atoms with E-state index < -0.39 is 6.10 Å². The fourth-order valence-corrected chi connectivity index (χ4v) is 4.80. The predicted molar refractivity (Wildman–Crippen MR) is 159 cm³/mol. The molecule has 4 rings (SSSR count). The third kappa shape index (κ3) is 6.92. The van der Waals surface area contributed by atoms with Gasteiger partial charge in [-0.3, -0.25) is 0 Å². The molecule has 3 aromatic rings. The maximum absolute atomic E-state index is 10.5. The zero-order valence-corrected chi connectivity index (χ0v) is 24.9. The van der Waals surface area contributed by atoms with Gasteiger partial charge < -0.3 is 35.3 Å². The summed E-state index contributed by atoms with van der Waals surface area (Å²) in [5.41, 5.74) is 3.90. The number of nitrogens with one attached hydrogen (secondary N) is 2. The predicted octanol–water partition coefficient (Wildman–Crippen LogP) is 4.49. The molecule has 1 aromatic carbocycles. The standard InChI is InChI=1S/C29H36ClN7O4/c1-15(2)41-29-33-10-19-12-37(13-24(19)34-29)28-16(3)26(25(17(4)31)18(5)38)35-27(36-28)22-9-21(7-8-23(22)30)40-14-20(39)11-32-6/h7-10,15,20,31-32,38-39H,11-14H2,1-6H3/b25-18+,31-17?/t20-/m1/s1. The molecular weight excluding hydrogens is 546 g/mol. The van der Waals surface area contributed by atoms with Crippen molar-refractivity contribution in [2.75, 3.05) is 25.1 Å². The minimum atomic E-state index is -0.685. The van der Waals surface area contributed by atoms with Crippen molar-refractivity contribution in [3.05, 3.63) is 57.7 Å². The van der Waals surface area contributed by atoms with E-state index in [1.165, 1.54) is 6.92 Å². The Morgan fingerprint density at radius 1 is 1.20 bits per heavy atom. The molecular formula is C29H36ClN7O4. The van der Waals surface area contributed by atoms with Crippen LogP contribution in [0.2, 0.25) is 5.02 Å². The Kier molecular flexibility index (Phi) is 9.42. The van der Waals surface area contributed by atoms with Crippen LogP contribution in [0.1, 0.15) is 50.2 Å². The SMILES string of the molecule is CNC[C@@H](O)COc1ccc(Cl)c(-c2nc(/C(C(C)=N)=C(\C)O)c(C)c(N3Cc4cnc(OC(C)C)nc4C3)n2)c1. The van der Waals surface area contributed by atoms with Gasteiger partial charge in [0.05, 0.1) is 34.6 Å². The largest absolute Gasteiger partial charge is 0.512 e. The van der Waals surface area contributed by atoms with Crippen molar-refractivity contribution in [2.24, 2.45) is 0 Å². The van der Waals surface area contributed by atoms with Gasteiger partial charge in [-0.2, -0.15) is 4.98 Å². The minimum Gasteiger partial charge on any atom is -0.512 e. The van der Waals surface area contributed by atoms with E-state index in [9.17, 15) is 10.2 Å². The van der Waals surface area contributed by atoms with Gasteiger partial charge >= 0.3 is 6.01 Å². The number of ether oxygens (including phenoxy) is 2. The van der Waals surface area contributed by atoms with Crippen LogP contribution in [0.4, 0.5) is 5.82 Å². The maximum atomic E-state index is 10.5.